The monoisotopic (exact) mass is 510 g/mol. The summed E-state index contributed by atoms with van der Waals surface area (Å²) in [7, 11) is -4.59. The standard InChI is InChI=1S/C24H22N4O5S2/c1-15-8-13-20-21(14-15)34-24(26-20,35(31,32)33)17-9-11-19(12-10-17)27-28-22(16(2)29)23(30)25-18-6-4-3-5-7-18/h3-14,22,26H,1-2H3,(H,25,30)(H,31,32,33). The molecule has 0 aliphatic carbocycles. The smallest absolute Gasteiger partial charge is 0.304 e. The van der Waals surface area contributed by atoms with Gasteiger partial charge in [-0.15, -0.1) is 0 Å². The molecule has 0 saturated carbocycles. The molecule has 9 nitrogen and oxygen atoms in total. The van der Waals surface area contributed by atoms with Crippen LogP contribution in [0.25, 0.3) is 0 Å². The molecule has 1 aliphatic heterocycles. The number of hydrogen-bond acceptors (Lipinski definition) is 8. The number of ketones is 1. The van der Waals surface area contributed by atoms with E-state index in [1.165, 1.54) is 31.2 Å². The number of para-hydroxylation sites is 1. The maximum Gasteiger partial charge on any atom is 0.304 e. The zero-order chi connectivity index (χ0) is 25.2. The third-order valence-corrected chi connectivity index (χ3v) is 8.39. The average Bonchev–Trinajstić information content (AvgIpc) is 3.20. The van der Waals surface area contributed by atoms with Gasteiger partial charge in [-0.3, -0.25) is 14.1 Å². The van der Waals surface area contributed by atoms with Crippen LogP contribution in [-0.2, 0) is 23.9 Å². The first kappa shape index (κ1) is 24.6. The van der Waals surface area contributed by atoms with Gasteiger partial charge in [0.1, 0.15) is 0 Å². The number of azo groups is 1. The van der Waals surface area contributed by atoms with Gasteiger partial charge in [0.15, 0.2) is 5.78 Å². The van der Waals surface area contributed by atoms with E-state index in [9.17, 15) is 22.6 Å². The van der Waals surface area contributed by atoms with Gasteiger partial charge < -0.3 is 10.6 Å². The molecule has 0 saturated heterocycles. The highest BCUT2D eigenvalue weighted by molar-refractivity contribution is 8.12. The lowest BCUT2D eigenvalue weighted by molar-refractivity contribution is -0.126. The van der Waals surface area contributed by atoms with E-state index in [1.54, 1.807) is 36.4 Å². The second-order valence-corrected chi connectivity index (χ2v) is 11.0. The molecule has 3 aromatic carbocycles. The van der Waals surface area contributed by atoms with Crippen LogP contribution in [0.1, 0.15) is 18.1 Å². The lowest BCUT2D eigenvalue weighted by Gasteiger charge is -2.26. The topological polar surface area (TPSA) is 137 Å². The molecule has 0 spiro atoms. The number of carbonyl (C=O) groups excluding carboxylic acids is 2. The Morgan fingerprint density at radius 1 is 1.06 bits per heavy atom. The van der Waals surface area contributed by atoms with Crippen molar-refractivity contribution in [2.24, 2.45) is 10.2 Å². The van der Waals surface area contributed by atoms with Gasteiger partial charge in [0.05, 0.1) is 11.4 Å². The van der Waals surface area contributed by atoms with E-state index in [1.807, 2.05) is 19.1 Å². The molecule has 1 aliphatic rings. The number of anilines is 2. The van der Waals surface area contributed by atoms with Gasteiger partial charge in [-0.25, -0.2) is 0 Å². The summed E-state index contributed by atoms with van der Waals surface area (Å²) in [6.07, 6.45) is 0. The normalized spacial score (nSPS) is 18.0. The van der Waals surface area contributed by atoms with Crippen molar-refractivity contribution < 1.29 is 22.6 Å². The van der Waals surface area contributed by atoms with Crippen LogP contribution in [0, 0.1) is 6.92 Å². The van der Waals surface area contributed by atoms with Gasteiger partial charge in [0.2, 0.25) is 10.2 Å². The van der Waals surface area contributed by atoms with Crippen LogP contribution in [0.3, 0.4) is 0 Å². The molecule has 1 amide bonds. The van der Waals surface area contributed by atoms with Gasteiger partial charge >= 0.3 is 10.1 Å². The summed E-state index contributed by atoms with van der Waals surface area (Å²) in [6.45, 7) is 3.14. The summed E-state index contributed by atoms with van der Waals surface area (Å²) in [5.74, 6) is -1.10. The van der Waals surface area contributed by atoms with Crippen molar-refractivity contribution in [1.29, 1.82) is 0 Å². The first-order valence-electron chi connectivity index (χ1n) is 10.5. The SMILES string of the molecule is CC(=O)C(N=Nc1ccc(C2(S(=O)(=O)O)Nc3ccc(C)cc3S2)cc1)C(=O)Nc1ccccc1. The third-order valence-electron chi connectivity index (χ3n) is 5.26. The Morgan fingerprint density at radius 3 is 2.37 bits per heavy atom. The Labute approximate surface area is 206 Å². The number of carbonyl (C=O) groups is 2. The Hall–Kier alpha value is -3.54. The predicted molar refractivity (Wildman–Crippen MR) is 134 cm³/mol. The maximum atomic E-state index is 12.5. The number of benzene rings is 3. The summed E-state index contributed by atoms with van der Waals surface area (Å²) in [5.41, 5.74) is 2.65. The number of nitrogens with zero attached hydrogens (tertiary/aromatic N) is 2. The summed E-state index contributed by atoms with van der Waals surface area (Å²) in [5, 5.41) is 13.4. The summed E-state index contributed by atoms with van der Waals surface area (Å²) in [4.78, 5) is 25.2. The maximum absolute atomic E-state index is 12.5. The van der Waals surface area contributed by atoms with Crippen molar-refractivity contribution >= 4 is 50.6 Å². The van der Waals surface area contributed by atoms with Crippen molar-refractivity contribution in [2.45, 2.75) is 29.0 Å². The number of hydrogen-bond donors (Lipinski definition) is 3. The fourth-order valence-corrected chi connectivity index (χ4v) is 6.06. The van der Waals surface area contributed by atoms with E-state index in [4.69, 9.17) is 0 Å². The minimum Gasteiger partial charge on any atom is -0.351 e. The van der Waals surface area contributed by atoms with Gasteiger partial charge in [-0.2, -0.15) is 18.6 Å². The molecule has 0 aromatic heterocycles. The van der Waals surface area contributed by atoms with Crippen LogP contribution in [0.5, 0.6) is 0 Å². The van der Waals surface area contributed by atoms with Crippen LogP contribution < -0.4 is 10.6 Å². The second-order valence-electron chi connectivity index (χ2n) is 7.95. The molecule has 180 valence electrons. The molecule has 1 heterocycles. The lowest BCUT2D eigenvalue weighted by atomic mass is 10.2. The molecule has 2 unspecified atom stereocenters. The molecule has 3 N–H and O–H groups in total. The Kier molecular flexibility index (Phi) is 6.75. The van der Waals surface area contributed by atoms with E-state index >= 15 is 0 Å². The quantitative estimate of drug-likeness (QED) is 0.234. The summed E-state index contributed by atoms with van der Waals surface area (Å²) in [6, 6.07) is 18.7. The highest BCUT2D eigenvalue weighted by Crippen LogP contribution is 2.54. The van der Waals surface area contributed by atoms with Crippen LogP contribution >= 0.6 is 11.8 Å². The van der Waals surface area contributed by atoms with E-state index in [0.717, 1.165) is 17.3 Å². The number of nitrogens with one attached hydrogen (secondary N) is 2. The predicted octanol–water partition coefficient (Wildman–Crippen LogP) is 4.89. The van der Waals surface area contributed by atoms with Crippen molar-refractivity contribution in [3.63, 3.8) is 0 Å². The molecular weight excluding hydrogens is 488 g/mol. The number of Topliss-reactive ketones (excluding diaryl/α,β-unsaturated/α-hetero) is 1. The minimum atomic E-state index is -4.59. The summed E-state index contributed by atoms with van der Waals surface area (Å²) >= 11 is 0.990. The zero-order valence-corrected chi connectivity index (χ0v) is 20.4. The van der Waals surface area contributed by atoms with Crippen LogP contribution in [-0.4, -0.2) is 30.7 Å². The highest BCUT2D eigenvalue weighted by atomic mass is 32.3. The van der Waals surface area contributed by atoms with E-state index in [-0.39, 0.29) is 5.56 Å². The highest BCUT2D eigenvalue weighted by Gasteiger charge is 2.50. The van der Waals surface area contributed by atoms with Gasteiger partial charge in [0.25, 0.3) is 5.91 Å². The molecule has 0 radical (unpaired) electrons. The van der Waals surface area contributed by atoms with Gasteiger partial charge in [-0.05, 0) is 55.8 Å². The Balaban J connectivity index is 1.56. The van der Waals surface area contributed by atoms with Crippen molar-refractivity contribution in [2.75, 3.05) is 10.6 Å². The molecule has 11 heteroatoms. The third kappa shape index (κ3) is 5.11. The molecule has 3 aromatic rings. The molecule has 4 rings (SSSR count). The molecule has 0 bridgehead atoms. The Morgan fingerprint density at radius 2 is 1.74 bits per heavy atom. The van der Waals surface area contributed by atoms with Crippen molar-refractivity contribution in [3.05, 3.63) is 83.9 Å². The molecule has 2 atom stereocenters. The first-order valence-corrected chi connectivity index (χ1v) is 12.8. The minimum absolute atomic E-state index is 0.280. The number of fused-ring (bicyclic) bond motifs is 1. The van der Waals surface area contributed by atoms with Crippen LogP contribution in [0.2, 0.25) is 0 Å². The van der Waals surface area contributed by atoms with Crippen molar-refractivity contribution in [3.8, 4) is 0 Å². The fourth-order valence-electron chi connectivity index (χ4n) is 3.49. The average molecular weight is 511 g/mol. The van der Waals surface area contributed by atoms with Crippen molar-refractivity contribution in [1.82, 2.24) is 0 Å². The van der Waals surface area contributed by atoms with E-state index < -0.39 is 32.1 Å². The number of thioether (sulfide) groups is 1. The van der Waals surface area contributed by atoms with Gasteiger partial charge in [-0.1, -0.05) is 48.2 Å². The van der Waals surface area contributed by atoms with Gasteiger partial charge in [0, 0.05) is 16.1 Å². The number of amides is 1. The Bertz CT molecular complexity index is 1410. The van der Waals surface area contributed by atoms with E-state index in [0.29, 0.717) is 22.0 Å². The molecule has 0 fully saturated rings. The lowest BCUT2D eigenvalue weighted by Crippen LogP contribution is -2.37. The first-order chi connectivity index (χ1) is 16.6. The molecule has 35 heavy (non-hydrogen) atoms. The second kappa shape index (κ2) is 9.61. The largest absolute Gasteiger partial charge is 0.351 e. The van der Waals surface area contributed by atoms with E-state index in [2.05, 4.69) is 20.9 Å². The number of rotatable bonds is 7. The summed E-state index contributed by atoms with van der Waals surface area (Å²) < 4.78 is 33.2. The van der Waals surface area contributed by atoms with Crippen LogP contribution in [0.4, 0.5) is 17.1 Å². The fraction of sp³-hybridized carbons (Fsp3) is 0.167. The van der Waals surface area contributed by atoms with Crippen LogP contribution in [0.15, 0.2) is 87.9 Å². The molecular formula is C24H22N4O5S2. The zero-order valence-electron chi connectivity index (χ0n) is 18.8. The number of aryl methyl sites for hydroxylation is 1.